The molecule has 12 heteroatoms. The number of urea groups is 1. The highest BCUT2D eigenvalue weighted by atomic mass is 35.5. The van der Waals surface area contributed by atoms with Crippen molar-refractivity contribution in [1.82, 2.24) is 24.8 Å². The zero-order chi connectivity index (χ0) is 27.5. The second-order valence-corrected chi connectivity index (χ2v) is 10.2. The third-order valence-corrected chi connectivity index (χ3v) is 7.08. The molecule has 0 saturated heterocycles. The Morgan fingerprint density at radius 3 is 2.90 bits per heavy atom. The van der Waals surface area contributed by atoms with Gasteiger partial charge in [0, 0.05) is 37.8 Å². The maximum absolute atomic E-state index is 12.9. The smallest absolute Gasteiger partial charge is 0.323 e. The normalized spacial score (nSPS) is 19.1. The number of nitrogens with zero attached hydrogens (tertiary/aromatic N) is 5. The number of aromatic nitrogens is 3. The van der Waals surface area contributed by atoms with E-state index in [9.17, 15) is 9.59 Å². The Morgan fingerprint density at radius 2 is 2.10 bits per heavy atom. The van der Waals surface area contributed by atoms with Crippen LogP contribution in [0.5, 0.6) is 0 Å². The quantitative estimate of drug-likeness (QED) is 0.445. The highest BCUT2D eigenvalue weighted by molar-refractivity contribution is 6.31. The summed E-state index contributed by atoms with van der Waals surface area (Å²) >= 11 is 6.20. The second-order valence-electron chi connectivity index (χ2n) is 9.73. The number of aromatic amines is 1. The number of ether oxygens (including phenoxy) is 1. The molecule has 0 fully saturated rings. The Labute approximate surface area is 231 Å². The number of rotatable bonds is 2. The summed E-state index contributed by atoms with van der Waals surface area (Å²) in [6.45, 7) is 1.91. The Kier molecular flexibility index (Phi) is 7.71. The van der Waals surface area contributed by atoms with Gasteiger partial charge in [0.25, 0.3) is 5.91 Å². The summed E-state index contributed by atoms with van der Waals surface area (Å²) in [4.78, 5) is 43.0. The molecule has 3 aromatic rings. The van der Waals surface area contributed by atoms with E-state index in [1.807, 2.05) is 12.3 Å². The largest absolute Gasteiger partial charge is 0.486 e. The van der Waals surface area contributed by atoms with Crippen LogP contribution in [0.3, 0.4) is 0 Å². The van der Waals surface area contributed by atoms with Crippen LogP contribution in [0.15, 0.2) is 60.4 Å². The maximum Gasteiger partial charge on any atom is 0.323 e. The average Bonchev–Trinajstić information content (AvgIpc) is 3.31. The number of carbonyl (C=O) groups excluding carboxylic acids is 2. The predicted octanol–water partition coefficient (Wildman–Crippen LogP) is 3.46. The molecular formula is C27H31ClN8O3. The van der Waals surface area contributed by atoms with E-state index in [-0.39, 0.29) is 18.6 Å². The number of anilines is 2. The van der Waals surface area contributed by atoms with Crippen LogP contribution >= 0.6 is 11.6 Å². The minimum Gasteiger partial charge on any atom is -0.486 e. The number of nitrogens with two attached hydrogens (primary N) is 1. The molecule has 1 atom stereocenters. The van der Waals surface area contributed by atoms with E-state index in [1.54, 1.807) is 42.3 Å². The molecule has 5 rings (SSSR count). The molecule has 11 nitrogen and oxygen atoms in total. The van der Waals surface area contributed by atoms with Crippen molar-refractivity contribution in [3.05, 3.63) is 71.0 Å². The lowest BCUT2D eigenvalue weighted by Gasteiger charge is -2.30. The summed E-state index contributed by atoms with van der Waals surface area (Å²) in [7, 11) is 3.82. The SMILES string of the molecule is CN1CCCN(C)C(=O)COC2=C(N(C(N)=O)c3cccc(Cl)c3)C=CC(C2)Nc2ncnc3[nH]cc(c23)C1. The number of likely N-dealkylation sites (N-methyl/N-ethyl adjacent to an activating group) is 1. The standard InChI is InChI=1S/C27H31ClN8O3/c1-34-9-4-10-35(2)23(37)15-39-22-12-19(33-26-24-17(14-34)13-30-25(24)31-16-32-26)7-8-21(22)36(27(29)38)20-6-3-5-18(28)11-20/h3,5-8,11,13,16,19H,4,9-10,12,14-15H2,1-2H3,(H2,29,38)(H2,30,31,32,33). The fourth-order valence-electron chi connectivity index (χ4n) is 4.87. The molecule has 0 saturated carbocycles. The van der Waals surface area contributed by atoms with E-state index in [0.29, 0.717) is 47.5 Å². The molecule has 2 aliphatic rings. The van der Waals surface area contributed by atoms with Crippen molar-refractivity contribution in [2.45, 2.75) is 25.4 Å². The number of primary amides is 1. The number of carbonyl (C=O) groups is 2. The van der Waals surface area contributed by atoms with Crippen LogP contribution in [0.2, 0.25) is 5.02 Å². The van der Waals surface area contributed by atoms with E-state index < -0.39 is 6.03 Å². The van der Waals surface area contributed by atoms with Gasteiger partial charge in [0.1, 0.15) is 23.6 Å². The molecule has 4 N–H and O–H groups in total. The number of nitrogens with one attached hydrogen (secondary N) is 2. The summed E-state index contributed by atoms with van der Waals surface area (Å²) < 4.78 is 6.11. The number of amides is 3. The molecule has 0 spiro atoms. The monoisotopic (exact) mass is 550 g/mol. The van der Waals surface area contributed by atoms with Gasteiger partial charge in [-0.15, -0.1) is 0 Å². The van der Waals surface area contributed by atoms with E-state index in [1.165, 1.54) is 11.2 Å². The number of allylic oxidation sites excluding steroid dienone is 1. The van der Waals surface area contributed by atoms with Gasteiger partial charge >= 0.3 is 6.03 Å². The molecule has 1 aliphatic heterocycles. The van der Waals surface area contributed by atoms with Gasteiger partial charge in [-0.25, -0.2) is 14.8 Å². The molecule has 2 bridgehead atoms. The Balaban J connectivity index is 1.54. The molecule has 3 heterocycles. The highest BCUT2D eigenvalue weighted by Gasteiger charge is 2.28. The van der Waals surface area contributed by atoms with Crippen molar-refractivity contribution < 1.29 is 14.3 Å². The number of benzene rings is 1. The number of halogens is 1. The van der Waals surface area contributed by atoms with Crippen LogP contribution in [-0.2, 0) is 16.1 Å². The van der Waals surface area contributed by atoms with Gasteiger partial charge in [-0.2, -0.15) is 0 Å². The molecule has 3 amide bonds. The fraction of sp³-hybridized carbons (Fsp3) is 0.333. The summed E-state index contributed by atoms with van der Waals surface area (Å²) in [6.07, 6.45) is 8.30. The summed E-state index contributed by atoms with van der Waals surface area (Å²) in [6, 6.07) is 5.89. The third kappa shape index (κ3) is 5.84. The number of hydrogen-bond donors (Lipinski definition) is 3. The topological polar surface area (TPSA) is 133 Å². The lowest BCUT2D eigenvalue weighted by Crippen LogP contribution is -2.38. The van der Waals surface area contributed by atoms with Crippen LogP contribution < -0.4 is 16.0 Å². The van der Waals surface area contributed by atoms with Crippen molar-refractivity contribution in [2.24, 2.45) is 5.73 Å². The van der Waals surface area contributed by atoms with Gasteiger partial charge < -0.3 is 30.6 Å². The van der Waals surface area contributed by atoms with Crippen molar-refractivity contribution in [3.8, 4) is 0 Å². The first-order valence-corrected chi connectivity index (χ1v) is 13.1. The van der Waals surface area contributed by atoms with Crippen LogP contribution in [0, 0.1) is 0 Å². The van der Waals surface area contributed by atoms with E-state index >= 15 is 0 Å². The zero-order valence-electron chi connectivity index (χ0n) is 21.9. The van der Waals surface area contributed by atoms with E-state index in [0.717, 1.165) is 29.6 Å². The molecular weight excluding hydrogens is 520 g/mol. The Hall–Kier alpha value is -4.09. The van der Waals surface area contributed by atoms with Gasteiger partial charge in [0.2, 0.25) is 0 Å². The molecule has 1 unspecified atom stereocenters. The predicted molar refractivity (Wildman–Crippen MR) is 150 cm³/mol. The van der Waals surface area contributed by atoms with E-state index in [4.69, 9.17) is 22.1 Å². The number of hydrogen-bond acceptors (Lipinski definition) is 7. The molecule has 1 aromatic carbocycles. The number of H-pyrrole nitrogens is 1. The summed E-state index contributed by atoms with van der Waals surface area (Å²) in [5.74, 6) is 0.975. The second kappa shape index (κ2) is 11.3. The fourth-order valence-corrected chi connectivity index (χ4v) is 5.06. The highest BCUT2D eigenvalue weighted by Crippen LogP contribution is 2.32. The van der Waals surface area contributed by atoms with Gasteiger partial charge in [-0.3, -0.25) is 9.69 Å². The maximum atomic E-state index is 12.9. The first-order chi connectivity index (χ1) is 18.8. The first kappa shape index (κ1) is 26.5. The molecule has 0 radical (unpaired) electrons. The Bertz CT molecular complexity index is 1450. The minimum atomic E-state index is -0.700. The van der Waals surface area contributed by atoms with Crippen LogP contribution in [0.4, 0.5) is 16.3 Å². The molecule has 204 valence electrons. The van der Waals surface area contributed by atoms with Gasteiger partial charge in [-0.1, -0.05) is 23.7 Å². The van der Waals surface area contributed by atoms with Crippen molar-refractivity contribution in [3.63, 3.8) is 0 Å². The van der Waals surface area contributed by atoms with Crippen LogP contribution in [0.1, 0.15) is 18.4 Å². The Morgan fingerprint density at radius 1 is 1.26 bits per heavy atom. The minimum absolute atomic E-state index is 0.158. The molecule has 39 heavy (non-hydrogen) atoms. The van der Waals surface area contributed by atoms with Crippen molar-refractivity contribution in [2.75, 3.05) is 44.0 Å². The number of fused-ring (bicyclic) bond motifs is 2. The first-order valence-electron chi connectivity index (χ1n) is 12.7. The van der Waals surface area contributed by atoms with Gasteiger partial charge in [0.15, 0.2) is 6.61 Å². The van der Waals surface area contributed by atoms with Gasteiger partial charge in [-0.05, 0) is 49.9 Å². The lowest BCUT2D eigenvalue weighted by molar-refractivity contribution is -0.133. The molecule has 1 aliphatic carbocycles. The lowest BCUT2D eigenvalue weighted by atomic mass is 10.0. The average molecular weight is 551 g/mol. The third-order valence-electron chi connectivity index (χ3n) is 6.85. The zero-order valence-corrected chi connectivity index (χ0v) is 22.6. The van der Waals surface area contributed by atoms with Crippen molar-refractivity contribution >= 4 is 46.1 Å². The summed E-state index contributed by atoms with van der Waals surface area (Å²) in [5, 5.41) is 4.87. The van der Waals surface area contributed by atoms with Crippen molar-refractivity contribution in [1.29, 1.82) is 0 Å². The van der Waals surface area contributed by atoms with E-state index in [2.05, 4.69) is 32.2 Å². The van der Waals surface area contributed by atoms with Gasteiger partial charge in [0.05, 0.1) is 22.8 Å². The van der Waals surface area contributed by atoms with Crippen LogP contribution in [-0.4, -0.2) is 76.5 Å². The van der Waals surface area contributed by atoms with Crippen LogP contribution in [0.25, 0.3) is 11.0 Å². The summed E-state index contributed by atoms with van der Waals surface area (Å²) in [5.41, 5.74) is 8.57. The molecule has 2 aromatic heterocycles.